The third-order valence-electron chi connectivity index (χ3n) is 3.04. The molecule has 0 fully saturated rings. The summed E-state index contributed by atoms with van der Waals surface area (Å²) in [6.45, 7) is 3.88. The number of benzene rings is 1. The average molecular weight is 334 g/mol. The Balaban J connectivity index is 3.15. The highest BCUT2D eigenvalue weighted by Gasteiger charge is 2.31. The second-order valence-corrected chi connectivity index (χ2v) is 7.36. The van der Waals surface area contributed by atoms with E-state index in [0.29, 0.717) is 15.8 Å². The summed E-state index contributed by atoms with van der Waals surface area (Å²) in [6, 6.07) is 6.59. The number of hydrogen-bond acceptors (Lipinski definition) is 3. The Morgan fingerprint density at radius 2 is 1.89 bits per heavy atom. The van der Waals surface area contributed by atoms with Gasteiger partial charge in [0.05, 0.1) is 10.1 Å². The Labute approximate surface area is 118 Å². The molecular weight excluding hydrogens is 314 g/mol. The molecule has 1 rings (SSSR count). The summed E-state index contributed by atoms with van der Waals surface area (Å²) in [5, 5.41) is -0.517. The maximum Gasteiger partial charge on any atom is 0.183 e. The van der Waals surface area contributed by atoms with Gasteiger partial charge in [0.2, 0.25) is 0 Å². The van der Waals surface area contributed by atoms with E-state index in [4.69, 9.17) is 5.73 Å². The van der Waals surface area contributed by atoms with Crippen molar-refractivity contribution in [1.29, 1.82) is 0 Å². The molecular formula is C13H20BrNO2S. The van der Waals surface area contributed by atoms with Crippen LogP contribution in [0.1, 0.15) is 33.1 Å². The summed E-state index contributed by atoms with van der Waals surface area (Å²) in [5.74, 6) is 0. The topological polar surface area (TPSA) is 60.2 Å². The van der Waals surface area contributed by atoms with Crippen molar-refractivity contribution >= 4 is 25.8 Å². The van der Waals surface area contributed by atoms with Crippen LogP contribution >= 0.6 is 15.9 Å². The van der Waals surface area contributed by atoms with E-state index in [0.717, 1.165) is 12.8 Å². The van der Waals surface area contributed by atoms with Crippen LogP contribution in [-0.2, 0) is 9.84 Å². The maximum atomic E-state index is 12.6. The van der Waals surface area contributed by atoms with Crippen molar-refractivity contribution in [3.8, 4) is 0 Å². The minimum Gasteiger partial charge on any atom is -0.327 e. The first-order valence-corrected chi connectivity index (χ1v) is 8.53. The molecule has 0 bridgehead atoms. The zero-order valence-electron chi connectivity index (χ0n) is 10.8. The van der Waals surface area contributed by atoms with E-state index < -0.39 is 15.1 Å². The Morgan fingerprint density at radius 3 is 2.39 bits per heavy atom. The van der Waals surface area contributed by atoms with Gasteiger partial charge in [0.1, 0.15) is 0 Å². The normalized spacial score (nSPS) is 15.3. The highest BCUT2D eigenvalue weighted by Crippen LogP contribution is 2.28. The number of nitrogens with two attached hydrogens (primary N) is 1. The molecule has 0 aromatic heterocycles. The zero-order chi connectivity index (χ0) is 13.8. The van der Waals surface area contributed by atoms with Crippen LogP contribution in [0, 0.1) is 0 Å². The largest absolute Gasteiger partial charge is 0.327 e. The molecule has 0 radical (unpaired) electrons. The van der Waals surface area contributed by atoms with Crippen molar-refractivity contribution in [2.75, 3.05) is 0 Å². The van der Waals surface area contributed by atoms with Gasteiger partial charge < -0.3 is 5.73 Å². The number of halogens is 1. The summed E-state index contributed by atoms with van der Waals surface area (Å²) < 4.78 is 25.8. The Kier molecular flexibility index (Phi) is 5.82. The fourth-order valence-corrected chi connectivity index (χ4v) is 5.04. The molecule has 0 spiro atoms. The van der Waals surface area contributed by atoms with Crippen molar-refractivity contribution in [3.63, 3.8) is 0 Å². The molecule has 18 heavy (non-hydrogen) atoms. The average Bonchev–Trinajstić information content (AvgIpc) is 2.30. The van der Waals surface area contributed by atoms with Crippen LogP contribution in [0.2, 0.25) is 0 Å². The minimum absolute atomic E-state index is 0.308. The second kappa shape index (κ2) is 6.68. The molecule has 0 aliphatic heterocycles. The van der Waals surface area contributed by atoms with Crippen LogP contribution in [0.4, 0.5) is 0 Å². The lowest BCUT2D eigenvalue weighted by molar-refractivity contribution is 0.516. The molecule has 0 aliphatic rings. The quantitative estimate of drug-likeness (QED) is 0.869. The van der Waals surface area contributed by atoms with Crippen molar-refractivity contribution in [3.05, 3.63) is 28.7 Å². The monoisotopic (exact) mass is 333 g/mol. The van der Waals surface area contributed by atoms with Gasteiger partial charge in [0.15, 0.2) is 9.84 Å². The molecule has 1 aromatic carbocycles. The molecule has 5 heteroatoms. The fraction of sp³-hybridized carbons (Fsp3) is 0.538. The molecule has 0 aliphatic carbocycles. The van der Waals surface area contributed by atoms with Gasteiger partial charge in [-0.3, -0.25) is 0 Å². The highest BCUT2D eigenvalue weighted by molar-refractivity contribution is 9.10. The van der Waals surface area contributed by atoms with Crippen LogP contribution in [0.3, 0.4) is 0 Å². The lowest BCUT2D eigenvalue weighted by Crippen LogP contribution is -2.40. The van der Waals surface area contributed by atoms with Crippen molar-refractivity contribution in [2.24, 2.45) is 5.73 Å². The van der Waals surface area contributed by atoms with Gasteiger partial charge in [-0.25, -0.2) is 8.42 Å². The van der Waals surface area contributed by atoms with E-state index in [1.54, 1.807) is 24.3 Å². The van der Waals surface area contributed by atoms with Gasteiger partial charge in [-0.05, 0) is 40.9 Å². The summed E-state index contributed by atoms with van der Waals surface area (Å²) in [7, 11) is -3.38. The van der Waals surface area contributed by atoms with Crippen molar-refractivity contribution < 1.29 is 8.42 Å². The third-order valence-corrected chi connectivity index (χ3v) is 6.45. The Morgan fingerprint density at radius 1 is 1.28 bits per heavy atom. The molecule has 0 saturated heterocycles. The van der Waals surface area contributed by atoms with Crippen molar-refractivity contribution in [1.82, 2.24) is 0 Å². The van der Waals surface area contributed by atoms with E-state index >= 15 is 0 Å². The molecule has 0 saturated carbocycles. The number of rotatable bonds is 6. The van der Waals surface area contributed by atoms with E-state index in [1.807, 2.05) is 13.8 Å². The van der Waals surface area contributed by atoms with E-state index in [9.17, 15) is 8.42 Å². The lowest BCUT2D eigenvalue weighted by atomic mass is 10.1. The van der Waals surface area contributed by atoms with Gasteiger partial charge in [-0.15, -0.1) is 0 Å². The maximum absolute atomic E-state index is 12.6. The van der Waals surface area contributed by atoms with Gasteiger partial charge in [-0.2, -0.15) is 0 Å². The SMILES string of the molecule is CCCC(N)C(CC)S(=O)(=O)c1ccccc1Br. The highest BCUT2D eigenvalue weighted by atomic mass is 79.9. The van der Waals surface area contributed by atoms with Gasteiger partial charge in [0, 0.05) is 10.5 Å². The predicted molar refractivity (Wildman–Crippen MR) is 78.3 cm³/mol. The molecule has 0 amide bonds. The molecule has 2 unspecified atom stereocenters. The number of sulfone groups is 1. The molecule has 2 N–H and O–H groups in total. The smallest absolute Gasteiger partial charge is 0.183 e. The van der Waals surface area contributed by atoms with Crippen LogP contribution in [0.25, 0.3) is 0 Å². The predicted octanol–water partition coefficient (Wildman–Crippen LogP) is 3.13. The third kappa shape index (κ3) is 3.33. The van der Waals surface area contributed by atoms with Gasteiger partial charge >= 0.3 is 0 Å². The lowest BCUT2D eigenvalue weighted by Gasteiger charge is -2.23. The van der Waals surface area contributed by atoms with E-state index in [1.165, 1.54) is 0 Å². The van der Waals surface area contributed by atoms with Crippen LogP contribution in [0.15, 0.2) is 33.6 Å². The molecule has 1 aromatic rings. The number of hydrogen-bond donors (Lipinski definition) is 1. The first kappa shape index (κ1) is 15.7. The Hall–Kier alpha value is -0.390. The summed E-state index contributed by atoms with van der Waals surface area (Å²) in [6.07, 6.45) is 2.15. The second-order valence-electron chi connectivity index (χ2n) is 4.37. The van der Waals surface area contributed by atoms with E-state index in [-0.39, 0.29) is 6.04 Å². The van der Waals surface area contributed by atoms with E-state index in [2.05, 4.69) is 15.9 Å². The van der Waals surface area contributed by atoms with Crippen LogP contribution < -0.4 is 5.73 Å². The fourth-order valence-electron chi connectivity index (χ4n) is 2.11. The minimum atomic E-state index is -3.38. The van der Waals surface area contributed by atoms with Gasteiger partial charge in [-0.1, -0.05) is 32.4 Å². The molecule has 102 valence electrons. The molecule has 2 atom stereocenters. The summed E-state index contributed by atoms with van der Waals surface area (Å²) >= 11 is 3.30. The first-order valence-electron chi connectivity index (χ1n) is 6.19. The van der Waals surface area contributed by atoms with Crippen LogP contribution in [-0.4, -0.2) is 19.7 Å². The summed E-state index contributed by atoms with van der Waals surface area (Å²) in [4.78, 5) is 0.336. The van der Waals surface area contributed by atoms with Crippen molar-refractivity contribution in [2.45, 2.75) is 49.3 Å². The molecule has 3 nitrogen and oxygen atoms in total. The van der Waals surface area contributed by atoms with Crippen LogP contribution in [0.5, 0.6) is 0 Å². The zero-order valence-corrected chi connectivity index (χ0v) is 13.2. The van der Waals surface area contributed by atoms with Gasteiger partial charge in [0.25, 0.3) is 0 Å². The summed E-state index contributed by atoms with van der Waals surface area (Å²) in [5.41, 5.74) is 6.02. The molecule has 0 heterocycles. The first-order chi connectivity index (χ1) is 8.45. The Bertz CT molecular complexity index is 488. The standard InChI is InChI=1S/C13H20BrNO2S/c1-3-7-11(15)12(4-2)18(16,17)13-9-6-5-8-10(13)14/h5-6,8-9,11-12H,3-4,7,15H2,1-2H3.